The quantitative estimate of drug-likeness (QED) is 0.703. The van der Waals surface area contributed by atoms with Crippen LogP contribution in [-0.2, 0) is 0 Å². The second-order valence-electron chi connectivity index (χ2n) is 3.90. The summed E-state index contributed by atoms with van der Waals surface area (Å²) in [6, 6.07) is 7.91. The fourth-order valence-corrected chi connectivity index (χ4v) is 1.89. The van der Waals surface area contributed by atoms with Crippen LogP contribution < -0.4 is 10.2 Å². The highest BCUT2D eigenvalue weighted by atomic mass is 16.5. The first kappa shape index (κ1) is 10.6. The molecule has 2 heterocycles. The minimum atomic E-state index is -0.428. The third-order valence-corrected chi connectivity index (χ3v) is 2.82. The molecule has 0 aliphatic rings. The van der Waals surface area contributed by atoms with Crippen LogP contribution in [0.25, 0.3) is 16.7 Å². The summed E-state index contributed by atoms with van der Waals surface area (Å²) in [4.78, 5) is 16.0. The Kier molecular flexibility index (Phi) is 2.19. The van der Waals surface area contributed by atoms with E-state index < -0.39 is 5.43 Å². The molecule has 0 atom stereocenters. The molecule has 18 heavy (non-hydrogen) atoms. The van der Waals surface area contributed by atoms with Gasteiger partial charge in [0, 0.05) is 18.3 Å². The van der Waals surface area contributed by atoms with Gasteiger partial charge in [0.15, 0.2) is 5.75 Å². The summed E-state index contributed by atoms with van der Waals surface area (Å²) in [5.41, 5.74) is 1.55. The first-order valence-corrected chi connectivity index (χ1v) is 5.38. The van der Waals surface area contributed by atoms with Crippen LogP contribution in [0.15, 0.2) is 41.3 Å². The lowest BCUT2D eigenvalue weighted by atomic mass is 10.4. The molecule has 5 nitrogen and oxygen atoms in total. The van der Waals surface area contributed by atoms with Gasteiger partial charge in [-0.15, -0.1) is 0 Å². The van der Waals surface area contributed by atoms with Crippen molar-refractivity contribution in [3.8, 4) is 11.5 Å². The van der Waals surface area contributed by atoms with Gasteiger partial charge in [0.2, 0.25) is 5.43 Å². The summed E-state index contributed by atoms with van der Waals surface area (Å²) in [6.07, 6.45) is 1.78. The highest BCUT2D eigenvalue weighted by Gasteiger charge is 2.06. The molecule has 90 valence electrons. The molecule has 0 unspecified atom stereocenters. The van der Waals surface area contributed by atoms with Crippen molar-refractivity contribution in [3.63, 3.8) is 0 Å². The van der Waals surface area contributed by atoms with Crippen LogP contribution in [0.5, 0.6) is 11.5 Å². The molecular formula is C13H10N2O3. The molecule has 0 bridgehead atoms. The van der Waals surface area contributed by atoms with Crippen molar-refractivity contribution >= 4 is 16.7 Å². The fraction of sp³-hybridized carbons (Fsp3) is 0.0769. The highest BCUT2D eigenvalue weighted by Crippen LogP contribution is 2.19. The molecule has 0 spiro atoms. The molecule has 0 saturated carbocycles. The molecule has 0 aliphatic heterocycles. The Morgan fingerprint density at radius 1 is 1.28 bits per heavy atom. The summed E-state index contributed by atoms with van der Waals surface area (Å²) in [7, 11) is 1.59. The second-order valence-corrected chi connectivity index (χ2v) is 3.90. The average Bonchev–Trinajstić information content (AvgIpc) is 2.66. The first-order valence-electron chi connectivity index (χ1n) is 5.38. The van der Waals surface area contributed by atoms with E-state index in [0.717, 1.165) is 0 Å². The van der Waals surface area contributed by atoms with E-state index in [-0.39, 0.29) is 5.75 Å². The molecule has 0 aliphatic carbocycles. The van der Waals surface area contributed by atoms with Crippen molar-refractivity contribution in [2.24, 2.45) is 0 Å². The predicted molar refractivity (Wildman–Crippen MR) is 67.2 cm³/mol. The largest absolute Gasteiger partial charge is 0.504 e. The van der Waals surface area contributed by atoms with Gasteiger partial charge in [-0.1, -0.05) is 0 Å². The van der Waals surface area contributed by atoms with Crippen LogP contribution in [0, 0.1) is 0 Å². The Hall–Kier alpha value is -2.56. The van der Waals surface area contributed by atoms with Gasteiger partial charge in [-0.05, 0) is 18.2 Å². The Bertz CT molecular complexity index is 808. The number of fused-ring (bicyclic) bond motifs is 3. The maximum atomic E-state index is 11.6. The lowest BCUT2D eigenvalue weighted by Crippen LogP contribution is -1.94. The van der Waals surface area contributed by atoms with Crippen molar-refractivity contribution in [2.75, 3.05) is 7.11 Å². The van der Waals surface area contributed by atoms with Crippen molar-refractivity contribution in [2.45, 2.75) is 0 Å². The number of pyridine rings is 1. The van der Waals surface area contributed by atoms with E-state index in [9.17, 15) is 9.90 Å². The van der Waals surface area contributed by atoms with Crippen LogP contribution in [-0.4, -0.2) is 21.6 Å². The summed E-state index contributed by atoms with van der Waals surface area (Å²) >= 11 is 0. The van der Waals surface area contributed by atoms with Gasteiger partial charge in [-0.25, -0.2) is 4.98 Å². The van der Waals surface area contributed by atoms with E-state index in [1.807, 2.05) is 0 Å². The Balaban J connectivity index is 2.47. The standard InChI is InChI=1S/C13H10N2O3/c1-18-8-4-5-15-10-7-12(17)11(16)3-2-9(10)14-13(15)6-8/h2-7H,1H3,(H,16,17). The average molecular weight is 242 g/mol. The number of methoxy groups -OCH3 is 1. The summed E-state index contributed by atoms with van der Waals surface area (Å²) in [5.74, 6) is 0.419. The number of aromatic nitrogens is 2. The van der Waals surface area contributed by atoms with Crippen LogP contribution in [0.2, 0.25) is 0 Å². The molecule has 1 aromatic carbocycles. The minimum absolute atomic E-state index is 0.282. The lowest BCUT2D eigenvalue weighted by Gasteiger charge is -1.99. The molecule has 0 amide bonds. The number of ether oxygens (including phenoxy) is 1. The molecule has 0 fully saturated rings. The first-order chi connectivity index (χ1) is 8.69. The van der Waals surface area contributed by atoms with Gasteiger partial charge in [-0.3, -0.25) is 9.20 Å². The third-order valence-electron chi connectivity index (χ3n) is 2.82. The molecule has 2 aromatic heterocycles. The zero-order valence-electron chi connectivity index (χ0n) is 9.62. The SMILES string of the molecule is COc1ccn2c(c1)nc1ccc(O)c(=O)cc12. The Morgan fingerprint density at radius 2 is 2.11 bits per heavy atom. The maximum absolute atomic E-state index is 11.6. The molecule has 1 N–H and O–H groups in total. The summed E-state index contributed by atoms with van der Waals surface area (Å²) in [6.45, 7) is 0. The highest BCUT2D eigenvalue weighted by molar-refractivity contribution is 5.80. The molecule has 3 rings (SSSR count). The van der Waals surface area contributed by atoms with Crippen molar-refractivity contribution < 1.29 is 9.84 Å². The Morgan fingerprint density at radius 3 is 2.89 bits per heavy atom. The van der Waals surface area contributed by atoms with Gasteiger partial charge >= 0.3 is 0 Å². The van der Waals surface area contributed by atoms with Gasteiger partial charge in [-0.2, -0.15) is 0 Å². The van der Waals surface area contributed by atoms with E-state index in [1.54, 1.807) is 35.9 Å². The van der Waals surface area contributed by atoms with E-state index in [1.165, 1.54) is 12.1 Å². The number of aromatic hydroxyl groups is 1. The Labute approximate surface area is 102 Å². The van der Waals surface area contributed by atoms with E-state index >= 15 is 0 Å². The van der Waals surface area contributed by atoms with Crippen molar-refractivity contribution in [3.05, 3.63) is 46.8 Å². The fourth-order valence-electron chi connectivity index (χ4n) is 1.89. The minimum Gasteiger partial charge on any atom is -0.504 e. The smallest absolute Gasteiger partial charge is 0.222 e. The lowest BCUT2D eigenvalue weighted by molar-refractivity contribution is 0.414. The van der Waals surface area contributed by atoms with E-state index in [0.29, 0.717) is 22.4 Å². The van der Waals surface area contributed by atoms with Crippen LogP contribution >= 0.6 is 0 Å². The number of hydrogen-bond acceptors (Lipinski definition) is 4. The monoisotopic (exact) mass is 242 g/mol. The number of nitrogens with zero attached hydrogens (tertiary/aromatic N) is 2. The second kappa shape index (κ2) is 3.73. The third kappa shape index (κ3) is 1.48. The van der Waals surface area contributed by atoms with Crippen LogP contribution in [0.1, 0.15) is 0 Å². The maximum Gasteiger partial charge on any atom is 0.222 e. The zero-order chi connectivity index (χ0) is 12.7. The summed E-state index contributed by atoms with van der Waals surface area (Å²) < 4.78 is 6.90. The van der Waals surface area contributed by atoms with E-state index in [2.05, 4.69) is 4.98 Å². The zero-order valence-corrected chi connectivity index (χ0v) is 9.62. The topological polar surface area (TPSA) is 63.8 Å². The van der Waals surface area contributed by atoms with Crippen molar-refractivity contribution in [1.82, 2.24) is 9.38 Å². The van der Waals surface area contributed by atoms with Crippen molar-refractivity contribution in [1.29, 1.82) is 0 Å². The van der Waals surface area contributed by atoms with Crippen LogP contribution in [0.4, 0.5) is 0 Å². The van der Waals surface area contributed by atoms with Gasteiger partial charge < -0.3 is 9.84 Å². The normalized spacial score (nSPS) is 10.9. The van der Waals surface area contributed by atoms with E-state index in [4.69, 9.17) is 4.74 Å². The van der Waals surface area contributed by atoms with Gasteiger partial charge in [0.1, 0.15) is 11.4 Å². The number of rotatable bonds is 1. The predicted octanol–water partition coefficient (Wildman–Crippen LogP) is 1.56. The van der Waals surface area contributed by atoms with Gasteiger partial charge in [0.25, 0.3) is 0 Å². The molecular weight excluding hydrogens is 232 g/mol. The number of hydrogen-bond donors (Lipinski definition) is 1. The molecule has 0 radical (unpaired) electrons. The summed E-state index contributed by atoms with van der Waals surface area (Å²) in [5, 5.41) is 9.39. The number of imidazole rings is 1. The van der Waals surface area contributed by atoms with Gasteiger partial charge in [0.05, 0.1) is 18.1 Å². The van der Waals surface area contributed by atoms with Crippen LogP contribution in [0.3, 0.4) is 0 Å². The molecule has 3 aromatic rings. The molecule has 5 heteroatoms. The molecule has 0 saturated heterocycles.